The molecule has 0 aliphatic heterocycles. The van der Waals surface area contributed by atoms with Crippen molar-refractivity contribution >= 4 is 23.3 Å². The van der Waals surface area contributed by atoms with Crippen molar-refractivity contribution in [1.29, 1.82) is 0 Å². The average molecular weight is 284 g/mol. The molecule has 5 nitrogen and oxygen atoms in total. The van der Waals surface area contributed by atoms with Gasteiger partial charge in [-0.05, 0) is 36.2 Å². The number of carboxylic acids is 1. The zero-order valence-electron chi connectivity index (χ0n) is 11.6. The lowest BCUT2D eigenvalue weighted by Gasteiger charge is -2.10. The van der Waals surface area contributed by atoms with Gasteiger partial charge in [-0.3, -0.25) is 4.79 Å². The summed E-state index contributed by atoms with van der Waals surface area (Å²) in [5, 5.41) is 11.9. The van der Waals surface area contributed by atoms with Gasteiger partial charge in [0.05, 0.1) is 17.7 Å². The van der Waals surface area contributed by atoms with E-state index in [1.807, 2.05) is 0 Å². The van der Waals surface area contributed by atoms with E-state index < -0.39 is 5.97 Å². The number of aromatic carboxylic acids is 1. The highest BCUT2D eigenvalue weighted by molar-refractivity contribution is 6.02. The second kappa shape index (κ2) is 6.09. The first kappa shape index (κ1) is 14.6. The third-order valence-corrected chi connectivity index (χ3v) is 3.11. The molecule has 0 saturated carbocycles. The van der Waals surface area contributed by atoms with Crippen LogP contribution in [0.1, 0.15) is 21.5 Å². The number of anilines is 2. The van der Waals surface area contributed by atoms with Crippen molar-refractivity contribution in [2.24, 2.45) is 0 Å². The quantitative estimate of drug-likeness (QED) is 0.752. The van der Waals surface area contributed by atoms with Crippen molar-refractivity contribution in [3.8, 4) is 0 Å². The van der Waals surface area contributed by atoms with Crippen LogP contribution in [0, 0.1) is 6.92 Å². The molecule has 0 radical (unpaired) electrons. The van der Waals surface area contributed by atoms with Gasteiger partial charge < -0.3 is 16.2 Å². The molecule has 0 unspecified atom stereocenters. The lowest BCUT2D eigenvalue weighted by atomic mass is 10.1. The average Bonchev–Trinajstić information content (AvgIpc) is 2.41. The predicted octanol–water partition coefficient (Wildman–Crippen LogP) is 2.46. The van der Waals surface area contributed by atoms with Crippen molar-refractivity contribution in [1.82, 2.24) is 0 Å². The Balaban J connectivity index is 2.15. The molecule has 2 rings (SSSR count). The first-order valence-electron chi connectivity index (χ1n) is 6.44. The minimum atomic E-state index is -1.06. The fourth-order valence-corrected chi connectivity index (χ4v) is 2.07. The number of carboxylic acid groups (broad SMARTS) is 1. The highest BCUT2D eigenvalue weighted by Gasteiger charge is 2.14. The molecule has 1 amide bonds. The van der Waals surface area contributed by atoms with E-state index in [-0.39, 0.29) is 17.9 Å². The highest BCUT2D eigenvalue weighted by Crippen LogP contribution is 2.20. The maximum Gasteiger partial charge on any atom is 0.338 e. The third-order valence-electron chi connectivity index (χ3n) is 3.11. The lowest BCUT2D eigenvalue weighted by Crippen LogP contribution is -2.17. The summed E-state index contributed by atoms with van der Waals surface area (Å²) >= 11 is 0. The Morgan fingerprint density at radius 2 is 1.81 bits per heavy atom. The van der Waals surface area contributed by atoms with Gasteiger partial charge in [-0.25, -0.2) is 4.79 Å². The second-order valence-corrected chi connectivity index (χ2v) is 4.77. The zero-order valence-corrected chi connectivity index (χ0v) is 11.6. The minimum Gasteiger partial charge on any atom is -0.478 e. The van der Waals surface area contributed by atoms with Crippen molar-refractivity contribution in [2.45, 2.75) is 13.3 Å². The van der Waals surface area contributed by atoms with Crippen LogP contribution in [-0.2, 0) is 11.2 Å². The van der Waals surface area contributed by atoms with E-state index in [0.717, 1.165) is 5.56 Å². The van der Waals surface area contributed by atoms with Crippen molar-refractivity contribution < 1.29 is 14.7 Å². The van der Waals surface area contributed by atoms with Crippen LogP contribution in [0.25, 0.3) is 0 Å². The maximum absolute atomic E-state index is 12.0. The summed E-state index contributed by atoms with van der Waals surface area (Å²) in [5.74, 6) is -1.33. The number of nitrogens with two attached hydrogens (primary N) is 1. The number of nitrogens with one attached hydrogen (secondary N) is 1. The Kier molecular flexibility index (Phi) is 4.23. The van der Waals surface area contributed by atoms with Gasteiger partial charge in [-0.1, -0.05) is 24.3 Å². The van der Waals surface area contributed by atoms with Crippen LogP contribution in [0.2, 0.25) is 0 Å². The van der Waals surface area contributed by atoms with Crippen molar-refractivity contribution in [3.63, 3.8) is 0 Å². The molecule has 0 aliphatic carbocycles. The van der Waals surface area contributed by atoms with E-state index in [4.69, 9.17) is 5.73 Å². The first-order chi connectivity index (χ1) is 9.97. The SMILES string of the molecule is Cc1cccc(NC(=O)Cc2ccc(N)cc2)c1C(=O)O. The van der Waals surface area contributed by atoms with Gasteiger partial charge in [0, 0.05) is 5.69 Å². The van der Waals surface area contributed by atoms with Gasteiger partial charge >= 0.3 is 5.97 Å². The Bertz CT molecular complexity index is 678. The van der Waals surface area contributed by atoms with Crippen molar-refractivity contribution in [2.75, 3.05) is 11.1 Å². The molecule has 0 atom stereocenters. The van der Waals surface area contributed by atoms with Crippen LogP contribution in [-0.4, -0.2) is 17.0 Å². The molecule has 0 bridgehead atoms. The number of nitrogen functional groups attached to an aromatic ring is 1. The zero-order chi connectivity index (χ0) is 15.4. The standard InChI is InChI=1S/C16H16N2O3/c1-10-3-2-4-13(15(10)16(20)21)18-14(19)9-11-5-7-12(17)8-6-11/h2-8H,9,17H2,1H3,(H,18,19)(H,20,21). The number of carbonyl (C=O) groups is 2. The smallest absolute Gasteiger partial charge is 0.338 e. The molecule has 5 heteroatoms. The Labute approximate surface area is 122 Å². The molecule has 0 fully saturated rings. The molecular formula is C16H16N2O3. The molecule has 21 heavy (non-hydrogen) atoms. The van der Waals surface area contributed by atoms with Crippen LogP contribution < -0.4 is 11.1 Å². The fraction of sp³-hybridized carbons (Fsp3) is 0.125. The number of hydrogen-bond acceptors (Lipinski definition) is 3. The number of carbonyl (C=O) groups excluding carboxylic acids is 1. The van der Waals surface area contributed by atoms with Crippen LogP contribution in [0.4, 0.5) is 11.4 Å². The van der Waals surface area contributed by atoms with Gasteiger partial charge in [0.15, 0.2) is 0 Å². The number of aryl methyl sites for hydroxylation is 1. The third kappa shape index (κ3) is 3.60. The molecule has 0 spiro atoms. The second-order valence-electron chi connectivity index (χ2n) is 4.77. The summed E-state index contributed by atoms with van der Waals surface area (Å²) < 4.78 is 0. The Morgan fingerprint density at radius 1 is 1.14 bits per heavy atom. The Morgan fingerprint density at radius 3 is 2.43 bits per heavy atom. The molecule has 2 aromatic rings. The van der Waals surface area contributed by atoms with E-state index in [1.165, 1.54) is 0 Å². The van der Waals surface area contributed by atoms with Gasteiger partial charge in [-0.2, -0.15) is 0 Å². The van der Waals surface area contributed by atoms with Crippen LogP contribution in [0.5, 0.6) is 0 Å². The van der Waals surface area contributed by atoms with Gasteiger partial charge in [-0.15, -0.1) is 0 Å². The molecule has 4 N–H and O–H groups in total. The summed E-state index contributed by atoms with van der Waals surface area (Å²) in [6.45, 7) is 1.69. The van der Waals surface area contributed by atoms with Gasteiger partial charge in [0.1, 0.15) is 0 Å². The summed E-state index contributed by atoms with van der Waals surface area (Å²) in [6.07, 6.45) is 0.160. The summed E-state index contributed by atoms with van der Waals surface area (Å²) in [7, 11) is 0. The molecule has 0 aromatic heterocycles. The topological polar surface area (TPSA) is 92.4 Å². The summed E-state index contributed by atoms with van der Waals surface area (Å²) in [4.78, 5) is 23.3. The Hall–Kier alpha value is -2.82. The summed E-state index contributed by atoms with van der Waals surface area (Å²) in [5.41, 5.74) is 8.05. The van der Waals surface area contributed by atoms with Crippen molar-refractivity contribution in [3.05, 3.63) is 59.2 Å². The molecule has 2 aromatic carbocycles. The molecule has 0 heterocycles. The molecular weight excluding hydrogens is 268 g/mol. The minimum absolute atomic E-state index is 0.114. The van der Waals surface area contributed by atoms with E-state index in [1.54, 1.807) is 49.4 Å². The van der Waals surface area contributed by atoms with E-state index in [0.29, 0.717) is 16.9 Å². The predicted molar refractivity (Wildman–Crippen MR) is 81.3 cm³/mol. The van der Waals surface area contributed by atoms with Gasteiger partial charge in [0.2, 0.25) is 5.91 Å². The largest absolute Gasteiger partial charge is 0.478 e. The van der Waals surface area contributed by atoms with Crippen LogP contribution >= 0.6 is 0 Å². The number of benzene rings is 2. The fourth-order valence-electron chi connectivity index (χ4n) is 2.07. The van der Waals surface area contributed by atoms with Gasteiger partial charge in [0.25, 0.3) is 0 Å². The van der Waals surface area contributed by atoms with Crippen LogP contribution in [0.15, 0.2) is 42.5 Å². The van der Waals surface area contributed by atoms with E-state index in [2.05, 4.69) is 5.32 Å². The normalized spacial score (nSPS) is 10.1. The first-order valence-corrected chi connectivity index (χ1v) is 6.44. The molecule has 0 aliphatic rings. The van der Waals surface area contributed by atoms with E-state index >= 15 is 0 Å². The number of hydrogen-bond donors (Lipinski definition) is 3. The van der Waals surface area contributed by atoms with Crippen LogP contribution in [0.3, 0.4) is 0 Å². The highest BCUT2D eigenvalue weighted by atomic mass is 16.4. The summed E-state index contributed by atoms with van der Waals surface area (Å²) in [6, 6.07) is 12.0. The molecule has 108 valence electrons. The number of rotatable bonds is 4. The molecule has 0 saturated heterocycles. The maximum atomic E-state index is 12.0. The number of amides is 1. The lowest BCUT2D eigenvalue weighted by molar-refractivity contribution is -0.115. The monoisotopic (exact) mass is 284 g/mol. The van der Waals surface area contributed by atoms with E-state index in [9.17, 15) is 14.7 Å².